The van der Waals surface area contributed by atoms with Gasteiger partial charge in [0.15, 0.2) is 5.15 Å². The molecule has 0 aliphatic rings. The van der Waals surface area contributed by atoms with Gasteiger partial charge >= 0.3 is 0 Å². The van der Waals surface area contributed by atoms with Crippen LogP contribution < -0.4 is 9.73 Å². The van der Waals surface area contributed by atoms with Crippen LogP contribution in [0.25, 0.3) is 5.69 Å². The van der Waals surface area contributed by atoms with Crippen molar-refractivity contribution >= 4 is 55.4 Å². The third kappa shape index (κ3) is 5.67. The van der Waals surface area contributed by atoms with E-state index in [0.717, 1.165) is 20.2 Å². The normalized spacial score (nSPS) is 11.5. The van der Waals surface area contributed by atoms with Crippen molar-refractivity contribution in [3.8, 4) is 5.69 Å². The zero-order valence-electron chi connectivity index (χ0n) is 19.0. The van der Waals surface area contributed by atoms with Crippen molar-refractivity contribution in [2.45, 2.75) is 11.8 Å². The maximum Gasteiger partial charge on any atom is 0.264 e. The smallest absolute Gasteiger partial charge is 0.264 e. The summed E-state index contributed by atoms with van der Waals surface area (Å²) < 4.78 is 30.2. The van der Waals surface area contributed by atoms with Gasteiger partial charge in [0, 0.05) is 4.47 Å². The van der Waals surface area contributed by atoms with E-state index in [1.54, 1.807) is 47.1 Å². The molecular weight excluding hydrogens is 566 g/mol. The molecule has 1 N–H and O–H groups in total. The third-order valence-corrected chi connectivity index (χ3v) is 7.83. The summed E-state index contributed by atoms with van der Waals surface area (Å²) >= 11 is 9.63. The van der Waals surface area contributed by atoms with Gasteiger partial charge in [0.25, 0.3) is 15.9 Å². The molecule has 1 amide bonds. The number of anilines is 1. The summed E-state index contributed by atoms with van der Waals surface area (Å²) in [5, 5.41) is 8.54. The van der Waals surface area contributed by atoms with Gasteiger partial charge in [-0.1, -0.05) is 63.9 Å². The van der Waals surface area contributed by atoms with E-state index >= 15 is 0 Å². The van der Waals surface area contributed by atoms with Crippen molar-refractivity contribution in [3.63, 3.8) is 0 Å². The first kappa shape index (κ1) is 25.6. The van der Waals surface area contributed by atoms with E-state index in [2.05, 4.69) is 31.6 Å². The van der Waals surface area contributed by atoms with Gasteiger partial charge in [-0.25, -0.2) is 18.5 Å². The van der Waals surface area contributed by atoms with Crippen LogP contribution in [0.4, 0.5) is 5.69 Å². The average Bonchev–Trinajstić information content (AvgIpc) is 3.17. The highest BCUT2D eigenvalue weighted by Gasteiger charge is 2.27. The molecule has 0 aliphatic heterocycles. The molecule has 4 rings (SSSR count). The first-order valence-corrected chi connectivity index (χ1v) is 13.3. The maximum atomic E-state index is 13.3. The van der Waals surface area contributed by atoms with Gasteiger partial charge in [0.2, 0.25) is 0 Å². The van der Waals surface area contributed by atoms with E-state index in [9.17, 15) is 13.2 Å². The predicted molar refractivity (Wildman–Crippen MR) is 144 cm³/mol. The molecule has 184 valence electrons. The standard InChI is InChI=1S/C25H21BrClN5O3S/c1-18-23(25(27)30-32(18)21-8-4-2-5-9-21)16-28-29-24(33)17-31(20-14-12-19(26)13-15-20)36(34,35)22-10-6-3-7-11-22/h2-16H,17H2,1H3,(H,29,33)/b28-16-. The minimum Gasteiger partial charge on any atom is -0.271 e. The number of benzene rings is 3. The van der Waals surface area contributed by atoms with Crippen LogP contribution in [-0.2, 0) is 14.8 Å². The first-order valence-electron chi connectivity index (χ1n) is 10.7. The van der Waals surface area contributed by atoms with Crippen LogP contribution in [0.2, 0.25) is 5.15 Å². The Labute approximate surface area is 222 Å². The van der Waals surface area contributed by atoms with E-state index in [1.807, 2.05) is 37.3 Å². The number of hydrazone groups is 1. The lowest BCUT2D eigenvalue weighted by Crippen LogP contribution is -2.39. The number of carbonyl (C=O) groups is 1. The van der Waals surface area contributed by atoms with Crippen LogP contribution >= 0.6 is 27.5 Å². The van der Waals surface area contributed by atoms with Crippen LogP contribution in [0.1, 0.15) is 11.3 Å². The molecule has 0 spiro atoms. The van der Waals surface area contributed by atoms with E-state index in [1.165, 1.54) is 18.3 Å². The monoisotopic (exact) mass is 585 g/mol. The SMILES string of the molecule is Cc1c(/C=N\NC(=O)CN(c2ccc(Br)cc2)S(=O)(=O)c2ccccc2)c(Cl)nn1-c1ccccc1. The topological polar surface area (TPSA) is 96.7 Å². The number of hydrogen-bond donors (Lipinski definition) is 1. The average molecular weight is 587 g/mol. The number of amides is 1. The minimum atomic E-state index is -4.01. The van der Waals surface area contributed by atoms with Gasteiger partial charge < -0.3 is 0 Å². The van der Waals surface area contributed by atoms with Crippen LogP contribution in [0.15, 0.2) is 99.4 Å². The number of hydrogen-bond acceptors (Lipinski definition) is 5. The van der Waals surface area contributed by atoms with Crippen LogP contribution in [0.3, 0.4) is 0 Å². The Balaban J connectivity index is 1.54. The quantitative estimate of drug-likeness (QED) is 0.234. The molecule has 0 unspecified atom stereocenters. The summed E-state index contributed by atoms with van der Waals surface area (Å²) in [6.07, 6.45) is 1.39. The lowest BCUT2D eigenvalue weighted by Gasteiger charge is -2.23. The molecule has 3 aromatic carbocycles. The second-order valence-electron chi connectivity index (χ2n) is 7.63. The zero-order valence-corrected chi connectivity index (χ0v) is 22.2. The molecule has 1 heterocycles. The summed E-state index contributed by atoms with van der Waals surface area (Å²) in [4.78, 5) is 12.8. The Kier molecular flexibility index (Phi) is 7.88. The van der Waals surface area contributed by atoms with Crippen LogP contribution in [0, 0.1) is 6.92 Å². The lowest BCUT2D eigenvalue weighted by molar-refractivity contribution is -0.119. The Hall–Kier alpha value is -3.47. The Morgan fingerprint density at radius 2 is 1.67 bits per heavy atom. The molecule has 0 bridgehead atoms. The van der Waals surface area contributed by atoms with Crippen molar-refractivity contribution in [2.24, 2.45) is 5.10 Å². The molecule has 0 radical (unpaired) electrons. The van der Waals surface area contributed by atoms with Gasteiger partial charge in [0.05, 0.1) is 33.7 Å². The molecule has 8 nitrogen and oxygen atoms in total. The number of rotatable bonds is 8. The predicted octanol–water partition coefficient (Wildman–Crippen LogP) is 4.94. The molecule has 4 aromatic rings. The molecule has 1 aromatic heterocycles. The maximum absolute atomic E-state index is 13.3. The van der Waals surface area contributed by atoms with E-state index in [-0.39, 0.29) is 10.0 Å². The first-order chi connectivity index (χ1) is 17.3. The number of sulfonamides is 1. The number of carbonyl (C=O) groups excluding carboxylic acids is 1. The third-order valence-electron chi connectivity index (χ3n) is 5.23. The van der Waals surface area contributed by atoms with Crippen molar-refractivity contribution in [2.75, 3.05) is 10.8 Å². The molecule has 0 saturated heterocycles. The van der Waals surface area contributed by atoms with E-state index in [4.69, 9.17) is 11.6 Å². The van der Waals surface area contributed by atoms with Crippen LogP contribution in [0.5, 0.6) is 0 Å². The summed E-state index contributed by atoms with van der Waals surface area (Å²) in [6, 6.07) is 24.0. The summed E-state index contributed by atoms with van der Waals surface area (Å²) in [5.74, 6) is -0.627. The van der Waals surface area contributed by atoms with Gasteiger partial charge in [0.1, 0.15) is 6.54 Å². The molecule has 36 heavy (non-hydrogen) atoms. The molecule has 0 aliphatic carbocycles. The number of aromatic nitrogens is 2. The zero-order chi connectivity index (χ0) is 25.7. The lowest BCUT2D eigenvalue weighted by atomic mass is 10.2. The number of nitrogens with one attached hydrogen (secondary N) is 1. The summed E-state index contributed by atoms with van der Waals surface area (Å²) in [6.45, 7) is 1.35. The van der Waals surface area contributed by atoms with E-state index in [0.29, 0.717) is 11.3 Å². The fourth-order valence-electron chi connectivity index (χ4n) is 3.42. The Morgan fingerprint density at radius 1 is 1.06 bits per heavy atom. The van der Waals surface area contributed by atoms with Crippen molar-refractivity contribution in [3.05, 3.63) is 106 Å². The molecule has 0 atom stereocenters. The second kappa shape index (κ2) is 11.1. The number of nitrogens with zero attached hydrogens (tertiary/aromatic N) is 4. The van der Waals surface area contributed by atoms with Gasteiger partial charge in [-0.3, -0.25) is 9.10 Å². The fourth-order valence-corrected chi connectivity index (χ4v) is 5.39. The summed E-state index contributed by atoms with van der Waals surface area (Å²) in [5.41, 5.74) is 4.82. The molecule has 0 fully saturated rings. The van der Waals surface area contributed by atoms with Crippen molar-refractivity contribution in [1.29, 1.82) is 0 Å². The molecule has 11 heteroatoms. The Morgan fingerprint density at radius 3 is 2.31 bits per heavy atom. The van der Waals surface area contributed by atoms with Crippen LogP contribution in [-0.4, -0.2) is 36.9 Å². The number of halogens is 2. The van der Waals surface area contributed by atoms with Gasteiger partial charge in [-0.05, 0) is 55.5 Å². The molecular formula is C25H21BrClN5O3S. The number of para-hydroxylation sites is 1. The summed E-state index contributed by atoms with van der Waals surface area (Å²) in [7, 11) is -4.01. The largest absolute Gasteiger partial charge is 0.271 e. The van der Waals surface area contributed by atoms with Crippen molar-refractivity contribution in [1.82, 2.24) is 15.2 Å². The van der Waals surface area contributed by atoms with Gasteiger partial charge in [-0.2, -0.15) is 10.2 Å². The van der Waals surface area contributed by atoms with E-state index < -0.39 is 22.5 Å². The van der Waals surface area contributed by atoms with Gasteiger partial charge in [-0.15, -0.1) is 0 Å². The Bertz CT molecular complexity index is 1490. The fraction of sp³-hybridized carbons (Fsp3) is 0.0800. The highest BCUT2D eigenvalue weighted by molar-refractivity contribution is 9.10. The molecule has 0 saturated carbocycles. The second-order valence-corrected chi connectivity index (χ2v) is 10.8. The highest BCUT2D eigenvalue weighted by Crippen LogP contribution is 2.25. The highest BCUT2D eigenvalue weighted by atomic mass is 79.9. The minimum absolute atomic E-state index is 0.0694. The van der Waals surface area contributed by atoms with Crippen molar-refractivity contribution < 1.29 is 13.2 Å².